The van der Waals surface area contributed by atoms with Gasteiger partial charge in [0.15, 0.2) is 0 Å². The lowest BCUT2D eigenvalue weighted by Gasteiger charge is -2.15. The monoisotopic (exact) mass is 256 g/mol. The highest BCUT2D eigenvalue weighted by molar-refractivity contribution is 7.84. The van der Waals surface area contributed by atoms with Crippen molar-refractivity contribution in [3.63, 3.8) is 0 Å². The number of nitrogens with zero attached hydrogens (tertiary/aromatic N) is 1. The summed E-state index contributed by atoms with van der Waals surface area (Å²) < 4.78 is 11.0. The number of nitriles is 1. The molecule has 0 bridgehead atoms. The first kappa shape index (κ1) is 13.0. The highest BCUT2D eigenvalue weighted by Crippen LogP contribution is 2.20. The lowest BCUT2D eigenvalue weighted by Crippen LogP contribution is -2.22. The molecule has 0 heterocycles. The first-order chi connectivity index (χ1) is 7.52. The van der Waals surface area contributed by atoms with E-state index in [-0.39, 0.29) is 6.04 Å². The molecule has 0 fully saturated rings. The van der Waals surface area contributed by atoms with Crippen molar-refractivity contribution in [2.75, 3.05) is 17.3 Å². The van der Waals surface area contributed by atoms with E-state index in [0.717, 1.165) is 5.69 Å². The second-order valence-electron chi connectivity index (χ2n) is 3.59. The molecule has 0 aliphatic heterocycles. The second kappa shape index (κ2) is 5.88. The first-order valence-corrected chi connectivity index (χ1v) is 6.89. The summed E-state index contributed by atoms with van der Waals surface area (Å²) in [5.74, 6) is 0.549. The Morgan fingerprint density at radius 1 is 1.62 bits per heavy atom. The third-order valence-corrected chi connectivity index (χ3v) is 3.19. The fraction of sp³-hybridized carbons (Fsp3) is 0.364. The molecule has 0 aliphatic rings. The van der Waals surface area contributed by atoms with Crippen molar-refractivity contribution in [3.8, 4) is 6.07 Å². The number of benzene rings is 1. The van der Waals surface area contributed by atoms with Gasteiger partial charge in [0.25, 0.3) is 0 Å². The van der Waals surface area contributed by atoms with Crippen LogP contribution in [0, 0.1) is 11.3 Å². The quantitative estimate of drug-likeness (QED) is 0.900. The van der Waals surface area contributed by atoms with E-state index in [4.69, 9.17) is 16.9 Å². The van der Waals surface area contributed by atoms with E-state index in [1.165, 1.54) is 0 Å². The lowest BCUT2D eigenvalue weighted by atomic mass is 10.2. The van der Waals surface area contributed by atoms with Crippen LogP contribution in [0.3, 0.4) is 0 Å². The third kappa shape index (κ3) is 3.84. The summed E-state index contributed by atoms with van der Waals surface area (Å²) in [6, 6.07) is 7.22. The molecule has 0 radical (unpaired) electrons. The van der Waals surface area contributed by atoms with Crippen LogP contribution in [-0.2, 0) is 10.8 Å². The maximum atomic E-state index is 11.0. The first-order valence-electron chi connectivity index (χ1n) is 4.79. The maximum absolute atomic E-state index is 11.0. The Bertz CT molecular complexity index is 442. The zero-order valence-electron chi connectivity index (χ0n) is 9.16. The van der Waals surface area contributed by atoms with Gasteiger partial charge in [0.2, 0.25) is 0 Å². The molecule has 0 saturated carbocycles. The van der Waals surface area contributed by atoms with E-state index in [0.29, 0.717) is 16.3 Å². The van der Waals surface area contributed by atoms with Gasteiger partial charge in [-0.05, 0) is 25.1 Å². The van der Waals surface area contributed by atoms with Gasteiger partial charge in [-0.1, -0.05) is 11.6 Å². The second-order valence-corrected chi connectivity index (χ2v) is 5.50. The fourth-order valence-corrected chi connectivity index (χ4v) is 2.35. The van der Waals surface area contributed by atoms with Gasteiger partial charge < -0.3 is 5.32 Å². The molecule has 0 saturated heterocycles. The van der Waals surface area contributed by atoms with E-state index < -0.39 is 10.8 Å². The number of halogens is 1. The van der Waals surface area contributed by atoms with Gasteiger partial charge in [0.1, 0.15) is 6.07 Å². The minimum Gasteiger partial charge on any atom is -0.381 e. The van der Waals surface area contributed by atoms with Gasteiger partial charge in [-0.3, -0.25) is 4.21 Å². The molecule has 0 aliphatic carbocycles. The molecule has 0 amide bonds. The molecule has 0 spiro atoms. The Hall–Kier alpha value is -1.05. The van der Waals surface area contributed by atoms with E-state index in [1.54, 1.807) is 24.5 Å². The minimum atomic E-state index is -0.854. The summed E-state index contributed by atoms with van der Waals surface area (Å²) in [6.07, 6.45) is 1.66. The van der Waals surface area contributed by atoms with Crippen LogP contribution >= 0.6 is 11.6 Å². The van der Waals surface area contributed by atoms with E-state index in [2.05, 4.69) is 11.4 Å². The van der Waals surface area contributed by atoms with Crippen LogP contribution in [0.4, 0.5) is 5.69 Å². The van der Waals surface area contributed by atoms with Crippen molar-refractivity contribution in [3.05, 3.63) is 28.8 Å². The lowest BCUT2D eigenvalue weighted by molar-refractivity contribution is 0.683. The Kier molecular flexibility index (Phi) is 4.78. The summed E-state index contributed by atoms with van der Waals surface area (Å²) in [6.45, 7) is 1.93. The van der Waals surface area contributed by atoms with E-state index >= 15 is 0 Å². The largest absolute Gasteiger partial charge is 0.381 e. The number of nitrogens with one attached hydrogen (secondary N) is 1. The van der Waals surface area contributed by atoms with Crippen molar-refractivity contribution < 1.29 is 4.21 Å². The molecule has 2 unspecified atom stereocenters. The van der Waals surface area contributed by atoms with Gasteiger partial charge in [0, 0.05) is 33.9 Å². The average molecular weight is 257 g/mol. The molecule has 1 N–H and O–H groups in total. The number of anilines is 1. The summed E-state index contributed by atoms with van der Waals surface area (Å²) in [7, 11) is -0.854. The van der Waals surface area contributed by atoms with Crippen LogP contribution in [0.25, 0.3) is 0 Å². The van der Waals surface area contributed by atoms with Gasteiger partial charge in [-0.15, -0.1) is 0 Å². The Morgan fingerprint density at radius 3 is 2.88 bits per heavy atom. The highest BCUT2D eigenvalue weighted by atomic mass is 35.5. The number of hydrogen-bond donors (Lipinski definition) is 1. The van der Waals surface area contributed by atoms with E-state index in [9.17, 15) is 4.21 Å². The van der Waals surface area contributed by atoms with Crippen LogP contribution in [0.15, 0.2) is 18.2 Å². The molecular formula is C11H13ClN2OS. The summed E-state index contributed by atoms with van der Waals surface area (Å²) in [5.41, 5.74) is 1.23. The van der Waals surface area contributed by atoms with Crippen LogP contribution in [-0.4, -0.2) is 22.3 Å². The molecule has 2 atom stereocenters. The van der Waals surface area contributed by atoms with Crippen LogP contribution in [0.5, 0.6) is 0 Å². The van der Waals surface area contributed by atoms with Gasteiger partial charge in [0.05, 0.1) is 11.3 Å². The van der Waals surface area contributed by atoms with Crippen molar-refractivity contribution >= 4 is 28.1 Å². The third-order valence-electron chi connectivity index (χ3n) is 1.99. The normalized spacial score (nSPS) is 13.9. The minimum absolute atomic E-state index is 0.0547. The van der Waals surface area contributed by atoms with Gasteiger partial charge >= 0.3 is 0 Å². The molecule has 1 rings (SSSR count). The Balaban J connectivity index is 2.81. The number of rotatable bonds is 4. The van der Waals surface area contributed by atoms with Gasteiger partial charge in [-0.25, -0.2) is 0 Å². The molecular weight excluding hydrogens is 244 g/mol. The van der Waals surface area contributed by atoms with Crippen molar-refractivity contribution in [1.82, 2.24) is 0 Å². The molecule has 16 heavy (non-hydrogen) atoms. The SMILES string of the molecule is CC(CS(C)=O)Nc1ccc(Cl)cc1C#N. The van der Waals surface area contributed by atoms with Crippen molar-refractivity contribution in [1.29, 1.82) is 5.26 Å². The zero-order chi connectivity index (χ0) is 12.1. The average Bonchev–Trinajstić information content (AvgIpc) is 2.19. The van der Waals surface area contributed by atoms with Crippen LogP contribution < -0.4 is 5.32 Å². The predicted molar refractivity (Wildman–Crippen MR) is 68.2 cm³/mol. The van der Waals surface area contributed by atoms with Crippen LogP contribution in [0.1, 0.15) is 12.5 Å². The maximum Gasteiger partial charge on any atom is 0.101 e. The highest BCUT2D eigenvalue weighted by Gasteiger charge is 2.08. The predicted octanol–water partition coefficient (Wildman–Crippen LogP) is 2.39. The molecule has 1 aromatic carbocycles. The van der Waals surface area contributed by atoms with E-state index in [1.807, 2.05) is 6.92 Å². The fourth-order valence-electron chi connectivity index (χ4n) is 1.39. The molecule has 86 valence electrons. The smallest absolute Gasteiger partial charge is 0.101 e. The zero-order valence-corrected chi connectivity index (χ0v) is 10.7. The van der Waals surface area contributed by atoms with Crippen molar-refractivity contribution in [2.45, 2.75) is 13.0 Å². The summed E-state index contributed by atoms with van der Waals surface area (Å²) in [5, 5.41) is 12.6. The Morgan fingerprint density at radius 2 is 2.31 bits per heavy atom. The standard InChI is InChI=1S/C11H13ClN2OS/c1-8(7-16(2)15)14-11-4-3-10(12)5-9(11)6-13/h3-5,8,14H,7H2,1-2H3. The molecule has 0 aromatic heterocycles. The Labute approximate surface area is 103 Å². The van der Waals surface area contributed by atoms with Crippen molar-refractivity contribution in [2.24, 2.45) is 0 Å². The molecule has 5 heteroatoms. The number of hydrogen-bond acceptors (Lipinski definition) is 3. The molecule has 1 aromatic rings. The van der Waals surface area contributed by atoms with Crippen LogP contribution in [0.2, 0.25) is 5.02 Å². The summed E-state index contributed by atoms with van der Waals surface area (Å²) in [4.78, 5) is 0. The topological polar surface area (TPSA) is 52.9 Å². The van der Waals surface area contributed by atoms with Gasteiger partial charge in [-0.2, -0.15) is 5.26 Å². The summed E-state index contributed by atoms with van der Waals surface area (Å²) >= 11 is 5.79. The molecule has 3 nitrogen and oxygen atoms in total.